The maximum atomic E-state index is 14.2. The number of amides is 1. The Morgan fingerprint density at radius 2 is 2.06 bits per heavy atom. The van der Waals surface area contributed by atoms with Gasteiger partial charge >= 0.3 is 0 Å². The van der Waals surface area contributed by atoms with Gasteiger partial charge in [0.2, 0.25) is 0 Å². The summed E-state index contributed by atoms with van der Waals surface area (Å²) < 4.78 is 30.2. The largest absolute Gasteiger partial charge is 0.318 e. The Kier molecular flexibility index (Phi) is 4.11. The summed E-state index contributed by atoms with van der Waals surface area (Å²) >= 11 is 0. The summed E-state index contributed by atoms with van der Waals surface area (Å²) in [7, 11) is 0. The van der Waals surface area contributed by atoms with Gasteiger partial charge in [-0.2, -0.15) is 10.2 Å². The molecule has 9 heteroatoms. The Bertz CT molecular complexity index is 1180. The molecule has 3 aliphatic rings. The van der Waals surface area contributed by atoms with Crippen molar-refractivity contribution < 1.29 is 13.6 Å². The quantitative estimate of drug-likeness (QED) is 0.572. The van der Waals surface area contributed by atoms with Crippen LogP contribution in [0.1, 0.15) is 40.3 Å². The van der Waals surface area contributed by atoms with E-state index in [1.807, 2.05) is 29.1 Å². The molecule has 1 saturated heterocycles. The highest BCUT2D eigenvalue weighted by molar-refractivity contribution is 6.04. The van der Waals surface area contributed by atoms with E-state index < -0.39 is 23.2 Å². The molecular weight excluding hydrogens is 414 g/mol. The van der Waals surface area contributed by atoms with Crippen LogP contribution in [-0.2, 0) is 12.8 Å². The van der Waals surface area contributed by atoms with Crippen molar-refractivity contribution in [3.05, 3.63) is 65.2 Å². The van der Waals surface area contributed by atoms with E-state index in [0.717, 1.165) is 18.7 Å². The van der Waals surface area contributed by atoms with E-state index in [1.165, 1.54) is 0 Å². The molecule has 3 N–H and O–H groups in total. The second kappa shape index (κ2) is 6.71. The van der Waals surface area contributed by atoms with Crippen molar-refractivity contribution in [3.63, 3.8) is 0 Å². The highest BCUT2D eigenvalue weighted by Crippen LogP contribution is 2.70. The van der Waals surface area contributed by atoms with Crippen molar-refractivity contribution >= 4 is 11.6 Å². The van der Waals surface area contributed by atoms with E-state index >= 15 is 0 Å². The van der Waals surface area contributed by atoms with Gasteiger partial charge in [0.15, 0.2) is 5.69 Å². The molecule has 1 saturated carbocycles. The number of carbonyl (C=O) groups is 1. The number of aromatic nitrogens is 4. The highest BCUT2D eigenvalue weighted by atomic mass is 19.3. The van der Waals surface area contributed by atoms with Gasteiger partial charge in [0, 0.05) is 54.2 Å². The zero-order chi connectivity index (χ0) is 22.1. The minimum absolute atomic E-state index is 0.0658. The van der Waals surface area contributed by atoms with Crippen LogP contribution >= 0.6 is 0 Å². The molecule has 3 heterocycles. The standard InChI is InChI=1S/C23H24F2N6O/c1-22-8-17-16(7-18(22)23(22,24)25)19(30-29-17)21(32)28-15-11-27-31(12-15)20(14-9-26-10-14)13-5-3-2-4-6-13/h2-6,11-12,14,18,20,26H,7-10H2,1H3,(H,28,32)(H,29,30)/t18-,20+,22+/m1/s1. The summed E-state index contributed by atoms with van der Waals surface area (Å²) in [6, 6.07) is 10.2. The number of fused-ring (bicyclic) bond motifs is 2. The molecule has 2 fully saturated rings. The zero-order valence-corrected chi connectivity index (χ0v) is 17.6. The lowest BCUT2D eigenvalue weighted by Gasteiger charge is -2.35. The van der Waals surface area contributed by atoms with E-state index in [9.17, 15) is 13.6 Å². The molecule has 2 aliphatic carbocycles. The van der Waals surface area contributed by atoms with E-state index in [0.29, 0.717) is 22.9 Å². The van der Waals surface area contributed by atoms with Gasteiger partial charge in [-0.15, -0.1) is 0 Å². The molecular formula is C23H24F2N6O. The van der Waals surface area contributed by atoms with Gasteiger partial charge in [0.25, 0.3) is 11.8 Å². The average Bonchev–Trinajstić information content (AvgIpc) is 3.17. The Hall–Kier alpha value is -3.07. The topological polar surface area (TPSA) is 87.6 Å². The second-order valence-corrected chi connectivity index (χ2v) is 9.44. The number of nitrogens with one attached hydrogen (secondary N) is 3. The molecule has 1 aromatic carbocycles. The summed E-state index contributed by atoms with van der Waals surface area (Å²) in [5, 5.41) is 17.6. The third-order valence-corrected chi connectivity index (χ3v) is 7.55. The zero-order valence-electron chi connectivity index (χ0n) is 17.6. The first kappa shape index (κ1) is 19.6. The molecule has 0 bridgehead atoms. The minimum atomic E-state index is -2.69. The predicted molar refractivity (Wildman–Crippen MR) is 114 cm³/mol. The molecule has 1 amide bonds. The smallest absolute Gasteiger partial charge is 0.276 e. The first-order valence-corrected chi connectivity index (χ1v) is 10.9. The number of anilines is 1. The lowest BCUT2D eigenvalue weighted by molar-refractivity contribution is 0.0631. The van der Waals surface area contributed by atoms with Gasteiger partial charge < -0.3 is 10.6 Å². The fourth-order valence-corrected chi connectivity index (χ4v) is 5.37. The number of carbonyl (C=O) groups excluding carboxylic acids is 1. The number of hydrogen-bond acceptors (Lipinski definition) is 4. The molecule has 0 unspecified atom stereocenters. The van der Waals surface area contributed by atoms with E-state index in [-0.39, 0.29) is 24.6 Å². The van der Waals surface area contributed by atoms with Crippen LogP contribution in [0.15, 0.2) is 42.7 Å². The number of alkyl halides is 2. The van der Waals surface area contributed by atoms with Crippen molar-refractivity contribution in [1.82, 2.24) is 25.3 Å². The molecule has 3 atom stereocenters. The summed E-state index contributed by atoms with van der Waals surface area (Å²) in [5.74, 6) is -3.41. The Balaban J connectivity index is 1.22. The van der Waals surface area contributed by atoms with Crippen LogP contribution in [0.25, 0.3) is 0 Å². The number of aromatic amines is 1. The number of H-pyrrole nitrogens is 1. The second-order valence-electron chi connectivity index (χ2n) is 9.44. The van der Waals surface area contributed by atoms with E-state index in [1.54, 1.807) is 13.1 Å². The van der Waals surface area contributed by atoms with Crippen LogP contribution in [-0.4, -0.2) is 44.9 Å². The minimum Gasteiger partial charge on any atom is -0.318 e. The number of hydrogen-bond donors (Lipinski definition) is 3. The summed E-state index contributed by atoms with van der Waals surface area (Å²) in [6.45, 7) is 3.42. The van der Waals surface area contributed by atoms with Gasteiger partial charge in [0.05, 0.1) is 17.9 Å². The number of rotatable bonds is 5. The lowest BCUT2D eigenvalue weighted by atomic mass is 9.87. The van der Waals surface area contributed by atoms with Gasteiger partial charge in [0.1, 0.15) is 0 Å². The van der Waals surface area contributed by atoms with Crippen molar-refractivity contribution in [3.8, 4) is 0 Å². The molecule has 6 rings (SSSR count). The monoisotopic (exact) mass is 438 g/mol. The van der Waals surface area contributed by atoms with Crippen LogP contribution in [0.5, 0.6) is 0 Å². The third kappa shape index (κ3) is 2.76. The SMILES string of the molecule is C[C@]12Cc3[nH]nc(C(=O)Nc4cnn([C@@H](c5ccccc5)C5CNC5)c4)c3C[C@H]1C2(F)F. The van der Waals surface area contributed by atoms with Gasteiger partial charge in [-0.05, 0) is 12.0 Å². The molecule has 1 aliphatic heterocycles. The summed E-state index contributed by atoms with van der Waals surface area (Å²) in [5.41, 5.74) is 2.14. The van der Waals surface area contributed by atoms with Crippen molar-refractivity contribution in [2.75, 3.05) is 18.4 Å². The number of nitrogens with zero attached hydrogens (tertiary/aromatic N) is 3. The van der Waals surface area contributed by atoms with Crippen LogP contribution in [0.3, 0.4) is 0 Å². The van der Waals surface area contributed by atoms with Crippen LogP contribution in [0.4, 0.5) is 14.5 Å². The molecule has 7 nitrogen and oxygen atoms in total. The normalized spacial score (nSPS) is 26.5. The number of halogens is 2. The van der Waals surface area contributed by atoms with Gasteiger partial charge in [-0.25, -0.2) is 8.78 Å². The highest BCUT2D eigenvalue weighted by Gasteiger charge is 2.78. The molecule has 32 heavy (non-hydrogen) atoms. The third-order valence-electron chi connectivity index (χ3n) is 7.55. The Morgan fingerprint density at radius 1 is 1.28 bits per heavy atom. The maximum absolute atomic E-state index is 14.2. The van der Waals surface area contributed by atoms with Crippen LogP contribution < -0.4 is 10.6 Å². The molecule has 166 valence electrons. The predicted octanol–water partition coefficient (Wildman–Crippen LogP) is 3.04. The fraction of sp³-hybridized carbons (Fsp3) is 0.435. The van der Waals surface area contributed by atoms with Crippen molar-refractivity contribution in [1.29, 1.82) is 0 Å². The van der Waals surface area contributed by atoms with E-state index in [2.05, 4.69) is 38.1 Å². The van der Waals surface area contributed by atoms with Crippen molar-refractivity contribution in [2.45, 2.75) is 31.7 Å². The van der Waals surface area contributed by atoms with Gasteiger partial charge in [-0.1, -0.05) is 37.3 Å². The molecule has 0 spiro atoms. The van der Waals surface area contributed by atoms with E-state index in [4.69, 9.17) is 0 Å². The summed E-state index contributed by atoms with van der Waals surface area (Å²) in [6.07, 6.45) is 3.82. The Labute approximate surface area is 183 Å². The first-order valence-electron chi connectivity index (χ1n) is 10.9. The first-order chi connectivity index (χ1) is 15.4. The lowest BCUT2D eigenvalue weighted by Crippen LogP contribution is -2.47. The average molecular weight is 438 g/mol. The number of benzene rings is 1. The summed E-state index contributed by atoms with van der Waals surface area (Å²) in [4.78, 5) is 12.9. The van der Waals surface area contributed by atoms with Crippen LogP contribution in [0.2, 0.25) is 0 Å². The van der Waals surface area contributed by atoms with Crippen molar-refractivity contribution in [2.24, 2.45) is 17.3 Å². The van der Waals surface area contributed by atoms with Crippen LogP contribution in [0, 0.1) is 17.3 Å². The molecule has 0 radical (unpaired) electrons. The maximum Gasteiger partial charge on any atom is 0.276 e. The fourth-order valence-electron chi connectivity index (χ4n) is 5.37. The molecule has 3 aromatic rings. The van der Waals surface area contributed by atoms with Gasteiger partial charge in [-0.3, -0.25) is 14.6 Å². The molecule has 2 aromatic heterocycles. The Morgan fingerprint density at radius 3 is 2.78 bits per heavy atom.